The van der Waals surface area contributed by atoms with Gasteiger partial charge >= 0.3 is 0 Å². The molecule has 0 radical (unpaired) electrons. The van der Waals surface area contributed by atoms with Gasteiger partial charge in [0.15, 0.2) is 5.58 Å². The van der Waals surface area contributed by atoms with Crippen LogP contribution in [0.1, 0.15) is 0 Å². The molecule has 0 saturated heterocycles. The van der Waals surface area contributed by atoms with Crippen molar-refractivity contribution in [3.63, 3.8) is 0 Å². The van der Waals surface area contributed by atoms with E-state index < -0.39 is 0 Å². The number of para-hydroxylation sites is 2. The summed E-state index contributed by atoms with van der Waals surface area (Å²) in [6, 6.07) is 59.1. The average Bonchev–Trinajstić information content (AvgIpc) is 3.70. The monoisotopic (exact) mass is 617 g/mol. The average molecular weight is 618 g/mol. The van der Waals surface area contributed by atoms with Crippen molar-refractivity contribution in [1.29, 1.82) is 0 Å². The second-order valence-corrected chi connectivity index (χ2v) is 13.2. The summed E-state index contributed by atoms with van der Waals surface area (Å²) in [6.45, 7) is 0. The van der Waals surface area contributed by atoms with Gasteiger partial charge in [-0.25, -0.2) is 0 Å². The fraction of sp³-hybridized carbons (Fsp3) is 0. The first kappa shape index (κ1) is 26.3. The van der Waals surface area contributed by atoms with E-state index in [9.17, 15) is 0 Å². The molecule has 0 aliphatic heterocycles. The lowest BCUT2D eigenvalue weighted by molar-refractivity contribution is 0.669. The number of nitrogens with zero attached hydrogens (tertiary/aromatic N) is 1. The molecule has 0 spiro atoms. The molecule has 8 aromatic carbocycles. The Morgan fingerprint density at radius 3 is 2.02 bits per heavy atom. The van der Waals surface area contributed by atoms with Crippen LogP contribution in [0.25, 0.3) is 74.8 Å². The number of rotatable bonds is 4. The highest BCUT2D eigenvalue weighted by Crippen LogP contribution is 2.45. The number of hydrogen-bond donors (Lipinski definition) is 0. The quantitative estimate of drug-likeness (QED) is 0.195. The van der Waals surface area contributed by atoms with Gasteiger partial charge in [0.1, 0.15) is 5.58 Å². The third kappa shape index (κ3) is 4.17. The zero-order chi connectivity index (χ0) is 30.9. The Morgan fingerprint density at radius 2 is 1.06 bits per heavy atom. The zero-order valence-electron chi connectivity index (χ0n) is 25.4. The Morgan fingerprint density at radius 1 is 0.404 bits per heavy atom. The van der Waals surface area contributed by atoms with Crippen LogP contribution < -0.4 is 4.90 Å². The SMILES string of the molecule is c1ccc2c(N(c3ccc4cc(-c5ccc6sc7ccccc7c6c5)ccc4c3)c3cccc4c3oc3ccccc34)cccc2c1. The van der Waals surface area contributed by atoms with Crippen molar-refractivity contribution in [2.24, 2.45) is 0 Å². The number of anilines is 3. The third-order valence-electron chi connectivity index (χ3n) is 9.42. The minimum atomic E-state index is 0.883. The molecule has 2 heterocycles. The van der Waals surface area contributed by atoms with Crippen molar-refractivity contribution in [3.05, 3.63) is 164 Å². The van der Waals surface area contributed by atoms with E-state index in [4.69, 9.17) is 4.42 Å². The van der Waals surface area contributed by atoms with Crippen molar-refractivity contribution in [2.75, 3.05) is 4.90 Å². The summed E-state index contributed by atoms with van der Waals surface area (Å²) in [6.07, 6.45) is 0. The molecule has 2 nitrogen and oxygen atoms in total. The maximum Gasteiger partial charge on any atom is 0.159 e. The van der Waals surface area contributed by atoms with E-state index in [0.29, 0.717) is 0 Å². The van der Waals surface area contributed by atoms with Crippen molar-refractivity contribution in [3.8, 4) is 11.1 Å². The summed E-state index contributed by atoms with van der Waals surface area (Å²) >= 11 is 1.86. The van der Waals surface area contributed by atoms with Gasteiger partial charge in [0, 0.05) is 42.0 Å². The Kier molecular flexibility index (Phi) is 5.78. The Bertz CT molecular complexity index is 2820. The van der Waals surface area contributed by atoms with Crippen LogP contribution in [0.3, 0.4) is 0 Å². The Labute approximate surface area is 275 Å². The van der Waals surface area contributed by atoms with Crippen LogP contribution in [-0.4, -0.2) is 0 Å². The second kappa shape index (κ2) is 10.3. The number of hydrogen-bond acceptors (Lipinski definition) is 3. The molecule has 0 fully saturated rings. The fourth-order valence-corrected chi connectivity index (χ4v) is 8.26. The Balaban J connectivity index is 1.15. The molecule has 0 bridgehead atoms. The van der Waals surface area contributed by atoms with Gasteiger partial charge in [-0.05, 0) is 81.9 Å². The number of furan rings is 1. The number of benzene rings is 8. The molecule has 0 N–H and O–H groups in total. The third-order valence-corrected chi connectivity index (χ3v) is 10.6. The number of fused-ring (bicyclic) bond motifs is 8. The summed E-state index contributed by atoms with van der Waals surface area (Å²) < 4.78 is 9.24. The van der Waals surface area contributed by atoms with E-state index in [2.05, 4.69) is 157 Å². The van der Waals surface area contributed by atoms with E-state index >= 15 is 0 Å². The van der Waals surface area contributed by atoms with Crippen molar-refractivity contribution in [1.82, 2.24) is 0 Å². The van der Waals surface area contributed by atoms with Gasteiger partial charge in [0.25, 0.3) is 0 Å². The molecule has 0 amide bonds. The van der Waals surface area contributed by atoms with Crippen molar-refractivity contribution in [2.45, 2.75) is 0 Å². The summed E-state index contributed by atoms with van der Waals surface area (Å²) in [5, 5.41) is 9.68. The molecule has 0 unspecified atom stereocenters. The molecule has 10 rings (SSSR count). The predicted octanol–water partition coefficient (Wildman–Crippen LogP) is 13.4. The van der Waals surface area contributed by atoms with Gasteiger partial charge in [-0.15, -0.1) is 11.3 Å². The summed E-state index contributed by atoms with van der Waals surface area (Å²) in [7, 11) is 0. The molecular formula is C44H27NOS. The van der Waals surface area contributed by atoms with Gasteiger partial charge in [-0.2, -0.15) is 0 Å². The highest BCUT2D eigenvalue weighted by molar-refractivity contribution is 7.25. The predicted molar refractivity (Wildman–Crippen MR) is 202 cm³/mol. The highest BCUT2D eigenvalue weighted by atomic mass is 32.1. The normalized spacial score (nSPS) is 11.8. The molecule has 0 saturated carbocycles. The lowest BCUT2D eigenvalue weighted by Gasteiger charge is -2.27. The molecule has 47 heavy (non-hydrogen) atoms. The summed E-state index contributed by atoms with van der Waals surface area (Å²) in [5.74, 6) is 0. The molecule has 3 heteroatoms. The molecular weight excluding hydrogens is 591 g/mol. The van der Waals surface area contributed by atoms with Gasteiger partial charge < -0.3 is 9.32 Å². The Hall–Kier alpha value is -5.90. The van der Waals surface area contributed by atoms with Gasteiger partial charge in [0.05, 0.1) is 11.4 Å². The van der Waals surface area contributed by atoms with Crippen LogP contribution in [0, 0.1) is 0 Å². The molecule has 220 valence electrons. The largest absolute Gasteiger partial charge is 0.454 e. The highest BCUT2D eigenvalue weighted by Gasteiger charge is 2.21. The lowest BCUT2D eigenvalue weighted by Crippen LogP contribution is -2.10. The van der Waals surface area contributed by atoms with Crippen LogP contribution >= 0.6 is 11.3 Å². The van der Waals surface area contributed by atoms with Crippen LogP contribution in [-0.2, 0) is 0 Å². The van der Waals surface area contributed by atoms with Crippen molar-refractivity contribution < 1.29 is 4.42 Å². The first-order valence-electron chi connectivity index (χ1n) is 15.9. The maximum absolute atomic E-state index is 6.58. The first-order chi connectivity index (χ1) is 23.3. The van der Waals surface area contributed by atoms with E-state index in [1.54, 1.807) is 0 Å². The zero-order valence-corrected chi connectivity index (χ0v) is 26.2. The van der Waals surface area contributed by atoms with Gasteiger partial charge in [-0.3, -0.25) is 0 Å². The van der Waals surface area contributed by atoms with Crippen LogP contribution in [0.2, 0.25) is 0 Å². The van der Waals surface area contributed by atoms with E-state index in [1.807, 2.05) is 23.5 Å². The molecule has 0 aliphatic carbocycles. The van der Waals surface area contributed by atoms with Crippen LogP contribution in [0.15, 0.2) is 168 Å². The van der Waals surface area contributed by atoms with Crippen LogP contribution in [0.5, 0.6) is 0 Å². The molecule has 0 atom stereocenters. The van der Waals surface area contributed by atoms with Crippen molar-refractivity contribution >= 4 is 92.1 Å². The second-order valence-electron chi connectivity index (χ2n) is 12.1. The van der Waals surface area contributed by atoms with Gasteiger partial charge in [-0.1, -0.05) is 109 Å². The van der Waals surface area contributed by atoms with E-state index in [1.165, 1.54) is 52.8 Å². The van der Waals surface area contributed by atoms with E-state index in [0.717, 1.165) is 39.0 Å². The van der Waals surface area contributed by atoms with Crippen LogP contribution in [0.4, 0.5) is 17.1 Å². The van der Waals surface area contributed by atoms with Gasteiger partial charge in [0.2, 0.25) is 0 Å². The molecule has 0 aliphatic rings. The first-order valence-corrected chi connectivity index (χ1v) is 16.7. The molecule has 2 aromatic heterocycles. The minimum Gasteiger partial charge on any atom is -0.454 e. The number of thiophene rings is 1. The lowest BCUT2D eigenvalue weighted by atomic mass is 9.99. The van der Waals surface area contributed by atoms with E-state index in [-0.39, 0.29) is 0 Å². The fourth-order valence-electron chi connectivity index (χ4n) is 7.18. The summed E-state index contributed by atoms with van der Waals surface area (Å²) in [5.41, 5.74) is 7.45. The maximum atomic E-state index is 6.58. The molecule has 10 aromatic rings. The standard InChI is InChI=1S/C44H27NOS/c1-2-11-34-28(9-1)10-7-15-39(34)45(40-16-8-14-37-35-12-3-5-17-41(35)46-44(37)40)33-23-21-30-25-29(19-20-31(30)26-33)32-22-24-43-38(27-32)36-13-4-6-18-42(36)47-43/h1-27H. The topological polar surface area (TPSA) is 16.4 Å². The summed E-state index contributed by atoms with van der Waals surface area (Å²) in [4.78, 5) is 2.36. The smallest absolute Gasteiger partial charge is 0.159 e. The minimum absolute atomic E-state index is 0.883.